The van der Waals surface area contributed by atoms with Crippen molar-refractivity contribution in [1.29, 1.82) is 0 Å². The SMILES string of the molecule is Cc1cc(NC(=O)C(=O)Nc2ccc(N3CCCC3=O)cc2)no1. The number of anilines is 3. The highest BCUT2D eigenvalue weighted by Gasteiger charge is 2.21. The fraction of sp³-hybridized carbons (Fsp3) is 0.250. The van der Waals surface area contributed by atoms with Crippen molar-refractivity contribution in [3.63, 3.8) is 0 Å². The van der Waals surface area contributed by atoms with Gasteiger partial charge in [0.05, 0.1) is 0 Å². The fourth-order valence-electron chi connectivity index (χ4n) is 2.43. The maximum atomic E-state index is 11.9. The molecule has 0 aliphatic carbocycles. The van der Waals surface area contributed by atoms with Crippen molar-refractivity contribution in [2.24, 2.45) is 0 Å². The number of aromatic nitrogens is 1. The molecule has 3 amide bonds. The first-order valence-corrected chi connectivity index (χ1v) is 7.49. The lowest BCUT2D eigenvalue weighted by molar-refractivity contribution is -0.133. The molecule has 3 rings (SSSR count). The Morgan fingerprint density at radius 3 is 2.46 bits per heavy atom. The Morgan fingerprint density at radius 1 is 1.17 bits per heavy atom. The van der Waals surface area contributed by atoms with Gasteiger partial charge >= 0.3 is 11.8 Å². The molecule has 1 aliphatic rings. The second kappa shape index (κ2) is 6.53. The molecule has 1 saturated heterocycles. The molecule has 8 nitrogen and oxygen atoms in total. The van der Waals surface area contributed by atoms with Gasteiger partial charge in [0.15, 0.2) is 5.82 Å². The summed E-state index contributed by atoms with van der Waals surface area (Å²) in [4.78, 5) is 37.0. The van der Waals surface area contributed by atoms with Gasteiger partial charge in [-0.3, -0.25) is 19.7 Å². The Labute approximate surface area is 137 Å². The number of benzene rings is 1. The summed E-state index contributed by atoms with van der Waals surface area (Å²) >= 11 is 0. The molecule has 1 fully saturated rings. The van der Waals surface area contributed by atoms with E-state index in [9.17, 15) is 14.4 Å². The second-order valence-electron chi connectivity index (χ2n) is 5.43. The average Bonchev–Trinajstić information content (AvgIpc) is 3.16. The van der Waals surface area contributed by atoms with E-state index in [4.69, 9.17) is 4.52 Å². The first kappa shape index (κ1) is 15.7. The number of aryl methyl sites for hydroxylation is 1. The molecule has 0 unspecified atom stereocenters. The lowest BCUT2D eigenvalue weighted by Gasteiger charge is -2.16. The number of carbonyl (C=O) groups is 3. The third-order valence-corrected chi connectivity index (χ3v) is 3.59. The predicted molar refractivity (Wildman–Crippen MR) is 86.5 cm³/mol. The zero-order valence-electron chi connectivity index (χ0n) is 13.0. The molecule has 124 valence electrons. The number of hydrogen-bond donors (Lipinski definition) is 2. The maximum absolute atomic E-state index is 11.9. The van der Waals surface area contributed by atoms with Gasteiger partial charge in [-0.25, -0.2) is 0 Å². The van der Waals surface area contributed by atoms with Crippen LogP contribution >= 0.6 is 0 Å². The lowest BCUT2D eigenvalue weighted by Crippen LogP contribution is -2.29. The van der Waals surface area contributed by atoms with E-state index in [1.54, 1.807) is 36.1 Å². The van der Waals surface area contributed by atoms with Gasteiger partial charge < -0.3 is 14.7 Å². The minimum Gasteiger partial charge on any atom is -0.360 e. The molecule has 0 bridgehead atoms. The van der Waals surface area contributed by atoms with E-state index in [0.717, 1.165) is 12.1 Å². The van der Waals surface area contributed by atoms with Crippen molar-refractivity contribution in [3.05, 3.63) is 36.1 Å². The second-order valence-corrected chi connectivity index (χ2v) is 5.43. The minimum absolute atomic E-state index is 0.0917. The van der Waals surface area contributed by atoms with E-state index in [1.165, 1.54) is 6.07 Å². The molecule has 2 N–H and O–H groups in total. The topological polar surface area (TPSA) is 105 Å². The van der Waals surface area contributed by atoms with Crippen LogP contribution in [0.3, 0.4) is 0 Å². The third kappa shape index (κ3) is 3.43. The highest BCUT2D eigenvalue weighted by atomic mass is 16.5. The molecule has 1 aliphatic heterocycles. The van der Waals surface area contributed by atoms with Crippen LogP contribution in [0.2, 0.25) is 0 Å². The van der Waals surface area contributed by atoms with E-state index in [2.05, 4.69) is 15.8 Å². The largest absolute Gasteiger partial charge is 0.360 e. The molecular weight excluding hydrogens is 312 g/mol. The maximum Gasteiger partial charge on any atom is 0.315 e. The Bertz CT molecular complexity index is 782. The van der Waals surface area contributed by atoms with Crippen LogP contribution in [0.25, 0.3) is 0 Å². The van der Waals surface area contributed by atoms with Crippen molar-refractivity contribution in [3.8, 4) is 0 Å². The van der Waals surface area contributed by atoms with Crippen molar-refractivity contribution in [2.45, 2.75) is 19.8 Å². The van der Waals surface area contributed by atoms with E-state index < -0.39 is 11.8 Å². The van der Waals surface area contributed by atoms with Crippen LogP contribution in [0, 0.1) is 6.92 Å². The van der Waals surface area contributed by atoms with Crippen LogP contribution in [-0.4, -0.2) is 29.4 Å². The summed E-state index contributed by atoms with van der Waals surface area (Å²) in [5.41, 5.74) is 1.24. The number of nitrogens with one attached hydrogen (secondary N) is 2. The Kier molecular flexibility index (Phi) is 4.28. The summed E-state index contributed by atoms with van der Waals surface area (Å²) in [7, 11) is 0. The third-order valence-electron chi connectivity index (χ3n) is 3.59. The van der Waals surface area contributed by atoms with E-state index in [0.29, 0.717) is 24.4 Å². The van der Waals surface area contributed by atoms with Crippen LogP contribution < -0.4 is 15.5 Å². The number of nitrogens with zero attached hydrogens (tertiary/aromatic N) is 2. The Hall–Kier alpha value is -3.16. The van der Waals surface area contributed by atoms with Crippen molar-refractivity contribution < 1.29 is 18.9 Å². The summed E-state index contributed by atoms with van der Waals surface area (Å²) in [5, 5.41) is 8.40. The van der Waals surface area contributed by atoms with Crippen molar-refractivity contribution >= 4 is 34.9 Å². The van der Waals surface area contributed by atoms with Crippen LogP contribution in [0.5, 0.6) is 0 Å². The van der Waals surface area contributed by atoms with Gasteiger partial charge in [0, 0.05) is 30.4 Å². The summed E-state index contributed by atoms with van der Waals surface area (Å²) in [5.74, 6) is -0.870. The van der Waals surface area contributed by atoms with Crippen LogP contribution in [0.1, 0.15) is 18.6 Å². The minimum atomic E-state index is -0.845. The molecule has 24 heavy (non-hydrogen) atoms. The van der Waals surface area contributed by atoms with Crippen LogP contribution in [-0.2, 0) is 14.4 Å². The Morgan fingerprint density at radius 2 is 1.88 bits per heavy atom. The van der Waals surface area contributed by atoms with E-state index in [-0.39, 0.29) is 11.7 Å². The van der Waals surface area contributed by atoms with Gasteiger partial charge in [-0.2, -0.15) is 0 Å². The average molecular weight is 328 g/mol. The summed E-state index contributed by atoms with van der Waals surface area (Å²) in [6, 6.07) is 8.27. The number of amides is 3. The monoisotopic (exact) mass is 328 g/mol. The molecule has 1 aromatic carbocycles. The normalized spacial score (nSPS) is 13.9. The first-order valence-electron chi connectivity index (χ1n) is 7.49. The smallest absolute Gasteiger partial charge is 0.315 e. The van der Waals surface area contributed by atoms with Crippen molar-refractivity contribution in [1.82, 2.24) is 5.16 Å². The van der Waals surface area contributed by atoms with Gasteiger partial charge in [-0.1, -0.05) is 5.16 Å². The summed E-state index contributed by atoms with van der Waals surface area (Å²) < 4.78 is 4.81. The van der Waals surface area contributed by atoms with Gasteiger partial charge in [0.25, 0.3) is 0 Å². The number of carbonyl (C=O) groups excluding carboxylic acids is 3. The van der Waals surface area contributed by atoms with Gasteiger partial charge in [0.1, 0.15) is 5.76 Å². The highest BCUT2D eigenvalue weighted by Crippen LogP contribution is 2.23. The molecular formula is C16H16N4O4. The number of hydrogen-bond acceptors (Lipinski definition) is 5. The zero-order valence-corrected chi connectivity index (χ0v) is 13.0. The number of rotatable bonds is 3. The van der Waals surface area contributed by atoms with Gasteiger partial charge in [0.2, 0.25) is 5.91 Å². The molecule has 8 heteroatoms. The first-order chi connectivity index (χ1) is 11.5. The van der Waals surface area contributed by atoms with Gasteiger partial charge in [-0.05, 0) is 37.6 Å². The predicted octanol–water partition coefficient (Wildman–Crippen LogP) is 1.69. The van der Waals surface area contributed by atoms with Crippen LogP contribution in [0.15, 0.2) is 34.9 Å². The highest BCUT2D eigenvalue weighted by molar-refractivity contribution is 6.43. The summed E-state index contributed by atoms with van der Waals surface area (Å²) in [6.07, 6.45) is 1.40. The van der Waals surface area contributed by atoms with Crippen LogP contribution in [0.4, 0.5) is 17.2 Å². The quantitative estimate of drug-likeness (QED) is 0.834. The van der Waals surface area contributed by atoms with Gasteiger partial charge in [-0.15, -0.1) is 0 Å². The molecule has 2 heterocycles. The summed E-state index contributed by atoms with van der Waals surface area (Å²) in [6.45, 7) is 2.37. The molecule has 2 aromatic rings. The molecule has 0 spiro atoms. The van der Waals surface area contributed by atoms with E-state index in [1.807, 2.05) is 0 Å². The van der Waals surface area contributed by atoms with Crippen molar-refractivity contribution in [2.75, 3.05) is 22.1 Å². The van der Waals surface area contributed by atoms with E-state index >= 15 is 0 Å². The molecule has 1 aromatic heterocycles. The standard InChI is InChI=1S/C16H16N4O4/c1-10-9-13(19-24-10)18-16(23)15(22)17-11-4-6-12(7-5-11)20-8-2-3-14(20)21/h4-7,9H,2-3,8H2,1H3,(H,17,22)(H,18,19,23). The fourth-order valence-corrected chi connectivity index (χ4v) is 2.43. The lowest BCUT2D eigenvalue weighted by atomic mass is 10.2. The molecule has 0 saturated carbocycles. The molecule has 0 radical (unpaired) electrons. The molecule has 0 atom stereocenters. The Balaban J connectivity index is 1.59. The zero-order chi connectivity index (χ0) is 17.1.